The monoisotopic (exact) mass is 228 g/mol. The molecule has 17 heavy (non-hydrogen) atoms. The molecule has 0 radical (unpaired) electrons. The first-order valence-electron chi connectivity index (χ1n) is 5.36. The number of hydrogen-bond acceptors (Lipinski definition) is 3. The van der Waals surface area contributed by atoms with Gasteiger partial charge in [-0.2, -0.15) is 0 Å². The summed E-state index contributed by atoms with van der Waals surface area (Å²) in [5, 5.41) is 9.09. The number of aryl methyl sites for hydroxylation is 1. The summed E-state index contributed by atoms with van der Waals surface area (Å²) in [6, 6.07) is 6.84. The highest BCUT2D eigenvalue weighted by Crippen LogP contribution is 2.22. The van der Waals surface area contributed by atoms with Crippen LogP contribution in [0.15, 0.2) is 36.7 Å². The molecule has 0 saturated heterocycles. The molecule has 4 nitrogen and oxygen atoms in total. The molecule has 0 atom stereocenters. The van der Waals surface area contributed by atoms with Crippen LogP contribution in [-0.4, -0.2) is 21.0 Å². The molecule has 4 heteroatoms. The lowest BCUT2D eigenvalue weighted by Crippen LogP contribution is -2.00. The van der Waals surface area contributed by atoms with Gasteiger partial charge in [0, 0.05) is 24.4 Å². The molecule has 86 valence electrons. The second kappa shape index (κ2) is 4.74. The number of carboxylic acids is 1. The van der Waals surface area contributed by atoms with E-state index in [-0.39, 0.29) is 5.56 Å². The van der Waals surface area contributed by atoms with Crippen LogP contribution in [0.25, 0.3) is 11.1 Å². The quantitative estimate of drug-likeness (QED) is 0.876. The van der Waals surface area contributed by atoms with Crippen molar-refractivity contribution in [1.29, 1.82) is 0 Å². The van der Waals surface area contributed by atoms with Gasteiger partial charge in [-0.1, -0.05) is 25.1 Å². The lowest BCUT2D eigenvalue weighted by atomic mass is 10.0. The molecule has 0 spiro atoms. The molecule has 2 rings (SSSR count). The molecule has 0 aliphatic heterocycles. The zero-order chi connectivity index (χ0) is 12.3. The van der Waals surface area contributed by atoms with Crippen molar-refractivity contribution in [1.82, 2.24) is 9.97 Å². The SMILES string of the molecule is CCc1ncc(-c2ccccc2C(=O)O)cn1. The molecule has 0 saturated carbocycles. The molecule has 1 aromatic carbocycles. The van der Waals surface area contributed by atoms with Crippen LogP contribution >= 0.6 is 0 Å². The first-order valence-corrected chi connectivity index (χ1v) is 5.36. The maximum absolute atomic E-state index is 11.1. The standard InChI is InChI=1S/C13H12N2O2/c1-2-12-14-7-9(8-15-12)10-5-3-4-6-11(10)13(16)17/h3-8H,2H2,1H3,(H,16,17). The van der Waals surface area contributed by atoms with E-state index in [1.54, 1.807) is 36.7 Å². The Bertz CT molecular complexity index is 535. The minimum Gasteiger partial charge on any atom is -0.478 e. The Hall–Kier alpha value is -2.23. The van der Waals surface area contributed by atoms with Gasteiger partial charge in [-0.05, 0) is 11.6 Å². The average molecular weight is 228 g/mol. The predicted molar refractivity (Wildman–Crippen MR) is 63.8 cm³/mol. The molecule has 2 aromatic rings. The number of carboxylic acid groups (broad SMARTS) is 1. The van der Waals surface area contributed by atoms with Crippen LogP contribution < -0.4 is 0 Å². The van der Waals surface area contributed by atoms with Crippen LogP contribution in [-0.2, 0) is 6.42 Å². The molecule has 0 bridgehead atoms. The van der Waals surface area contributed by atoms with Gasteiger partial charge >= 0.3 is 5.97 Å². The number of carbonyl (C=O) groups is 1. The van der Waals surface area contributed by atoms with Gasteiger partial charge in [0.1, 0.15) is 5.82 Å². The number of hydrogen-bond donors (Lipinski definition) is 1. The van der Waals surface area contributed by atoms with E-state index in [0.717, 1.165) is 17.8 Å². The number of aromatic carboxylic acids is 1. The van der Waals surface area contributed by atoms with E-state index in [2.05, 4.69) is 9.97 Å². The van der Waals surface area contributed by atoms with Gasteiger partial charge in [-0.3, -0.25) is 0 Å². The molecule has 0 unspecified atom stereocenters. The summed E-state index contributed by atoms with van der Waals surface area (Å²) < 4.78 is 0. The third-order valence-electron chi connectivity index (χ3n) is 2.49. The second-order valence-electron chi connectivity index (χ2n) is 3.59. The van der Waals surface area contributed by atoms with Gasteiger partial charge in [0.2, 0.25) is 0 Å². The van der Waals surface area contributed by atoms with E-state index >= 15 is 0 Å². The molecule has 0 aliphatic carbocycles. The predicted octanol–water partition coefficient (Wildman–Crippen LogP) is 2.40. The van der Waals surface area contributed by atoms with Crippen molar-refractivity contribution in [3.05, 3.63) is 48.0 Å². The minimum absolute atomic E-state index is 0.264. The lowest BCUT2D eigenvalue weighted by molar-refractivity contribution is 0.0697. The summed E-state index contributed by atoms with van der Waals surface area (Å²) in [5.74, 6) is -0.193. The highest BCUT2D eigenvalue weighted by Gasteiger charge is 2.11. The number of aromatic nitrogens is 2. The van der Waals surface area contributed by atoms with Gasteiger partial charge in [0.25, 0.3) is 0 Å². The first kappa shape index (κ1) is 11.3. The van der Waals surface area contributed by atoms with Crippen molar-refractivity contribution in [2.75, 3.05) is 0 Å². The van der Waals surface area contributed by atoms with Crippen molar-refractivity contribution < 1.29 is 9.90 Å². The topological polar surface area (TPSA) is 63.1 Å². The fourth-order valence-electron chi connectivity index (χ4n) is 1.60. The Morgan fingerprint density at radius 3 is 2.47 bits per heavy atom. The van der Waals surface area contributed by atoms with E-state index in [0.29, 0.717) is 5.56 Å². The van der Waals surface area contributed by atoms with Gasteiger partial charge in [0.05, 0.1) is 5.56 Å². The van der Waals surface area contributed by atoms with Crippen LogP contribution in [0.4, 0.5) is 0 Å². The van der Waals surface area contributed by atoms with Crippen molar-refractivity contribution in [3.8, 4) is 11.1 Å². The zero-order valence-electron chi connectivity index (χ0n) is 9.42. The summed E-state index contributed by atoms with van der Waals surface area (Å²) in [7, 11) is 0. The Kier molecular flexibility index (Phi) is 3.14. The van der Waals surface area contributed by atoms with Gasteiger partial charge in [-0.25, -0.2) is 14.8 Å². The molecule has 0 aliphatic rings. The van der Waals surface area contributed by atoms with E-state index in [1.165, 1.54) is 0 Å². The maximum atomic E-state index is 11.1. The van der Waals surface area contributed by atoms with E-state index < -0.39 is 5.97 Å². The molecule has 0 fully saturated rings. The molecule has 0 amide bonds. The van der Waals surface area contributed by atoms with Crippen LogP contribution in [0.5, 0.6) is 0 Å². The third kappa shape index (κ3) is 2.30. The molecule has 1 N–H and O–H groups in total. The van der Waals surface area contributed by atoms with Crippen molar-refractivity contribution in [2.24, 2.45) is 0 Å². The normalized spacial score (nSPS) is 10.2. The summed E-state index contributed by atoms with van der Waals surface area (Å²) in [4.78, 5) is 19.4. The van der Waals surface area contributed by atoms with Crippen molar-refractivity contribution in [2.45, 2.75) is 13.3 Å². The number of nitrogens with zero attached hydrogens (tertiary/aromatic N) is 2. The number of rotatable bonds is 3. The second-order valence-corrected chi connectivity index (χ2v) is 3.59. The van der Waals surface area contributed by atoms with Crippen LogP contribution in [0, 0.1) is 0 Å². The number of benzene rings is 1. The van der Waals surface area contributed by atoms with Gasteiger partial charge in [0.15, 0.2) is 0 Å². The maximum Gasteiger partial charge on any atom is 0.336 e. The van der Waals surface area contributed by atoms with Crippen LogP contribution in [0.1, 0.15) is 23.1 Å². The van der Waals surface area contributed by atoms with Crippen LogP contribution in [0.3, 0.4) is 0 Å². The molecule has 1 aromatic heterocycles. The first-order chi connectivity index (χ1) is 8.22. The lowest BCUT2D eigenvalue weighted by Gasteiger charge is -2.05. The Morgan fingerprint density at radius 1 is 1.24 bits per heavy atom. The van der Waals surface area contributed by atoms with E-state index in [1.807, 2.05) is 6.92 Å². The Morgan fingerprint density at radius 2 is 1.88 bits per heavy atom. The van der Waals surface area contributed by atoms with Crippen molar-refractivity contribution in [3.63, 3.8) is 0 Å². The zero-order valence-corrected chi connectivity index (χ0v) is 9.42. The summed E-state index contributed by atoms with van der Waals surface area (Å²) in [6.07, 6.45) is 4.09. The van der Waals surface area contributed by atoms with Gasteiger partial charge < -0.3 is 5.11 Å². The third-order valence-corrected chi connectivity index (χ3v) is 2.49. The fourth-order valence-corrected chi connectivity index (χ4v) is 1.60. The molecular formula is C13H12N2O2. The smallest absolute Gasteiger partial charge is 0.336 e. The van der Waals surface area contributed by atoms with E-state index in [9.17, 15) is 4.79 Å². The van der Waals surface area contributed by atoms with E-state index in [4.69, 9.17) is 5.11 Å². The summed E-state index contributed by atoms with van der Waals surface area (Å²) >= 11 is 0. The Balaban J connectivity index is 2.48. The highest BCUT2D eigenvalue weighted by atomic mass is 16.4. The molecule has 1 heterocycles. The molecular weight excluding hydrogens is 216 g/mol. The largest absolute Gasteiger partial charge is 0.478 e. The summed E-state index contributed by atoms with van der Waals surface area (Å²) in [5.41, 5.74) is 1.63. The van der Waals surface area contributed by atoms with Gasteiger partial charge in [-0.15, -0.1) is 0 Å². The average Bonchev–Trinajstić information content (AvgIpc) is 2.39. The van der Waals surface area contributed by atoms with Crippen molar-refractivity contribution >= 4 is 5.97 Å². The van der Waals surface area contributed by atoms with Crippen LogP contribution in [0.2, 0.25) is 0 Å². The fraction of sp³-hybridized carbons (Fsp3) is 0.154. The minimum atomic E-state index is -0.944. The highest BCUT2D eigenvalue weighted by molar-refractivity contribution is 5.95. The summed E-state index contributed by atoms with van der Waals surface area (Å²) in [6.45, 7) is 1.97. The Labute approximate surface area is 99.0 Å².